The maximum Gasteiger partial charge on any atom is 0.340 e. The van der Waals surface area contributed by atoms with E-state index in [4.69, 9.17) is 18.9 Å². The minimum atomic E-state index is -1.30. The maximum atomic E-state index is 13.3. The normalized spacial score (nSPS) is 63.1. The third-order valence-corrected chi connectivity index (χ3v) is 8.77. The average Bonchev–Trinajstić information content (AvgIpc) is 3.30. The van der Waals surface area contributed by atoms with Gasteiger partial charge in [0.2, 0.25) is 0 Å². The van der Waals surface area contributed by atoms with Crippen molar-refractivity contribution in [2.45, 2.75) is 70.4 Å². The van der Waals surface area contributed by atoms with Crippen LogP contribution in [-0.4, -0.2) is 65.7 Å². The van der Waals surface area contributed by atoms with Crippen molar-refractivity contribution in [2.24, 2.45) is 34.0 Å². The Morgan fingerprint density at radius 2 is 1.93 bits per heavy atom. The summed E-state index contributed by atoms with van der Waals surface area (Å²) in [5, 5.41) is 23.1. The number of carbonyl (C=O) groups excluding carboxylic acids is 1. The van der Waals surface area contributed by atoms with Gasteiger partial charge in [0.05, 0.1) is 36.9 Å². The Morgan fingerprint density at radius 3 is 2.63 bits per heavy atom. The number of ether oxygens (including phenoxy) is 4. The van der Waals surface area contributed by atoms with E-state index in [1.54, 1.807) is 0 Å². The molecule has 0 aromatic heterocycles. The number of hydrogen-bond acceptors (Lipinski definition) is 7. The van der Waals surface area contributed by atoms with Gasteiger partial charge in [-0.25, -0.2) is 4.79 Å². The van der Waals surface area contributed by atoms with E-state index in [-0.39, 0.29) is 23.2 Å². The summed E-state index contributed by atoms with van der Waals surface area (Å²) in [6.45, 7) is 9.27. The van der Waals surface area contributed by atoms with E-state index in [0.717, 1.165) is 0 Å². The molecule has 0 aromatic carbocycles. The third kappa shape index (κ3) is 1.36. The number of hydrogen-bond donors (Lipinski definition) is 2. The molecule has 6 aliphatic rings. The molecular formula is C20H28O7. The summed E-state index contributed by atoms with van der Waals surface area (Å²) in [6.07, 6.45) is -3.05. The summed E-state index contributed by atoms with van der Waals surface area (Å²) in [5.41, 5.74) is -3.28. The fourth-order valence-electron chi connectivity index (χ4n) is 8.53. The molecule has 6 fully saturated rings. The SMILES string of the molecule is C[C@@H]1COC2[C@H]1C13OC4OCCC45[C@H](C(C)(C)C)[C@@H](O)C(OC1=O)C35[C@H]2O. The maximum absolute atomic E-state index is 13.3. The van der Waals surface area contributed by atoms with Gasteiger partial charge < -0.3 is 29.2 Å². The zero-order chi connectivity index (χ0) is 19.1. The molecule has 0 aromatic rings. The highest BCUT2D eigenvalue weighted by Gasteiger charge is 2.98. The molecule has 2 spiro atoms. The molecule has 6 rings (SSSR count). The van der Waals surface area contributed by atoms with E-state index in [1.807, 2.05) is 6.92 Å². The van der Waals surface area contributed by atoms with Crippen LogP contribution in [0.15, 0.2) is 0 Å². The van der Waals surface area contributed by atoms with Crippen molar-refractivity contribution in [3.8, 4) is 0 Å². The molecule has 6 unspecified atom stereocenters. The molecule has 4 aliphatic heterocycles. The van der Waals surface area contributed by atoms with Crippen LogP contribution in [0, 0.1) is 34.0 Å². The van der Waals surface area contributed by atoms with Gasteiger partial charge >= 0.3 is 5.97 Å². The molecule has 4 heterocycles. The zero-order valence-corrected chi connectivity index (χ0v) is 16.2. The molecule has 2 saturated carbocycles. The van der Waals surface area contributed by atoms with E-state index in [2.05, 4.69) is 20.8 Å². The van der Waals surface area contributed by atoms with Gasteiger partial charge in [0, 0.05) is 17.3 Å². The molecule has 0 bridgehead atoms. The largest absolute Gasteiger partial charge is 0.457 e. The first kappa shape index (κ1) is 17.2. The Labute approximate surface area is 158 Å². The fraction of sp³-hybridized carbons (Fsp3) is 0.950. The number of aliphatic hydroxyl groups is 2. The van der Waals surface area contributed by atoms with Gasteiger partial charge in [-0.3, -0.25) is 0 Å². The van der Waals surface area contributed by atoms with E-state index in [0.29, 0.717) is 19.6 Å². The summed E-state index contributed by atoms with van der Waals surface area (Å²) >= 11 is 0. The summed E-state index contributed by atoms with van der Waals surface area (Å²) in [6, 6.07) is 0. The second-order valence-corrected chi connectivity index (χ2v) is 10.6. The third-order valence-electron chi connectivity index (χ3n) is 8.77. The Morgan fingerprint density at radius 1 is 1.19 bits per heavy atom. The van der Waals surface area contributed by atoms with Crippen LogP contribution in [0.4, 0.5) is 0 Å². The summed E-state index contributed by atoms with van der Waals surface area (Å²) in [7, 11) is 0. The van der Waals surface area contributed by atoms with Crippen molar-refractivity contribution >= 4 is 5.97 Å². The van der Waals surface area contributed by atoms with Gasteiger partial charge in [0.15, 0.2) is 11.9 Å². The Hall–Kier alpha value is -0.730. The quantitative estimate of drug-likeness (QED) is 0.590. The summed E-state index contributed by atoms with van der Waals surface area (Å²) in [4.78, 5) is 13.3. The predicted octanol–water partition coefficient (Wildman–Crippen LogP) is 0.462. The van der Waals surface area contributed by atoms with Crippen molar-refractivity contribution in [3.05, 3.63) is 0 Å². The monoisotopic (exact) mass is 380 g/mol. The van der Waals surface area contributed by atoms with Crippen molar-refractivity contribution < 1.29 is 34.0 Å². The van der Waals surface area contributed by atoms with Gasteiger partial charge in [-0.1, -0.05) is 27.7 Å². The molecule has 7 heteroatoms. The molecule has 27 heavy (non-hydrogen) atoms. The van der Waals surface area contributed by atoms with Crippen LogP contribution in [0.3, 0.4) is 0 Å². The topological polar surface area (TPSA) is 94.5 Å². The smallest absolute Gasteiger partial charge is 0.340 e. The van der Waals surface area contributed by atoms with E-state index >= 15 is 0 Å². The first-order valence-corrected chi connectivity index (χ1v) is 10.1. The summed E-state index contributed by atoms with van der Waals surface area (Å²) < 4.78 is 24.4. The van der Waals surface area contributed by atoms with Crippen LogP contribution < -0.4 is 0 Å². The standard InChI is InChI=1S/C20H28O7/c1-8-7-25-11-9(8)20-15(23)26-14-10(21)12(17(2,3)4)18(19(14,20)13(11)22)5-6-24-16(18)27-20/h8-14,16,21-22H,5-7H2,1-4H3/t8-,9+,10-,11?,12+,13+,14?,16?,18?,19?,20?/m1/s1. The first-order chi connectivity index (χ1) is 12.7. The van der Waals surface area contributed by atoms with Gasteiger partial charge in [-0.2, -0.15) is 0 Å². The Balaban J connectivity index is 1.68. The average molecular weight is 380 g/mol. The molecule has 150 valence electrons. The molecule has 0 amide bonds. The van der Waals surface area contributed by atoms with Crippen molar-refractivity contribution in [2.75, 3.05) is 13.2 Å². The highest BCUT2D eigenvalue weighted by molar-refractivity contribution is 5.87. The first-order valence-electron chi connectivity index (χ1n) is 10.1. The number of fused-ring (bicyclic) bond motifs is 1. The zero-order valence-electron chi connectivity index (χ0n) is 16.2. The van der Waals surface area contributed by atoms with Crippen molar-refractivity contribution in [1.82, 2.24) is 0 Å². The number of rotatable bonds is 0. The summed E-state index contributed by atoms with van der Waals surface area (Å²) in [5.74, 6) is -0.916. The Bertz CT molecular complexity index is 732. The molecule has 2 N–H and O–H groups in total. The fourth-order valence-corrected chi connectivity index (χ4v) is 8.53. The minimum absolute atomic E-state index is 0.0528. The Kier molecular flexibility index (Phi) is 2.88. The van der Waals surface area contributed by atoms with Gasteiger partial charge in [0.1, 0.15) is 6.10 Å². The molecule has 0 radical (unpaired) electrons. The van der Waals surface area contributed by atoms with Crippen LogP contribution in [0.2, 0.25) is 0 Å². The van der Waals surface area contributed by atoms with E-state index in [1.165, 1.54) is 0 Å². The number of carbonyl (C=O) groups is 1. The highest BCUT2D eigenvalue weighted by Crippen LogP contribution is 2.83. The van der Waals surface area contributed by atoms with Gasteiger partial charge in [-0.15, -0.1) is 0 Å². The van der Waals surface area contributed by atoms with E-state index < -0.39 is 53.1 Å². The van der Waals surface area contributed by atoms with Crippen molar-refractivity contribution in [1.29, 1.82) is 0 Å². The molecule has 2 aliphatic carbocycles. The van der Waals surface area contributed by atoms with Crippen LogP contribution in [0.5, 0.6) is 0 Å². The predicted molar refractivity (Wildman–Crippen MR) is 90.3 cm³/mol. The number of aliphatic hydroxyl groups excluding tert-OH is 2. The second-order valence-electron chi connectivity index (χ2n) is 10.6. The van der Waals surface area contributed by atoms with Gasteiger partial charge in [-0.05, 0) is 17.8 Å². The minimum Gasteiger partial charge on any atom is -0.457 e. The second kappa shape index (κ2) is 4.54. The lowest BCUT2D eigenvalue weighted by Gasteiger charge is -2.47. The molecular weight excluding hydrogens is 352 g/mol. The molecule has 4 saturated heterocycles. The lowest BCUT2D eigenvalue weighted by molar-refractivity contribution is -0.205. The number of esters is 1. The lowest BCUT2D eigenvalue weighted by Crippen LogP contribution is -2.59. The van der Waals surface area contributed by atoms with Crippen LogP contribution in [0.1, 0.15) is 34.1 Å². The van der Waals surface area contributed by atoms with Gasteiger partial charge in [0.25, 0.3) is 0 Å². The lowest BCUT2D eigenvalue weighted by atomic mass is 9.52. The van der Waals surface area contributed by atoms with Crippen molar-refractivity contribution in [3.63, 3.8) is 0 Å². The van der Waals surface area contributed by atoms with Crippen LogP contribution in [-0.2, 0) is 23.7 Å². The van der Waals surface area contributed by atoms with Crippen LogP contribution in [0.25, 0.3) is 0 Å². The van der Waals surface area contributed by atoms with Crippen LogP contribution >= 0.6 is 0 Å². The molecule has 11 atom stereocenters. The molecule has 7 nitrogen and oxygen atoms in total. The highest BCUT2D eigenvalue weighted by atomic mass is 16.7. The van der Waals surface area contributed by atoms with E-state index in [9.17, 15) is 15.0 Å².